The maximum absolute atomic E-state index is 11.8. The van der Waals surface area contributed by atoms with E-state index in [1.54, 1.807) is 19.3 Å². The molecular weight excluding hydrogens is 214 g/mol. The molecule has 0 bridgehead atoms. The molecule has 0 amide bonds. The molecule has 3 aliphatic rings. The molecule has 0 aromatic carbocycles. The highest BCUT2D eigenvalue weighted by atomic mass is 16.5. The number of fused-ring (bicyclic) bond motifs is 1. The van der Waals surface area contributed by atoms with Crippen molar-refractivity contribution in [2.45, 2.75) is 12.1 Å². The second kappa shape index (κ2) is 3.86. The third kappa shape index (κ3) is 1.59. The lowest BCUT2D eigenvalue weighted by Gasteiger charge is -2.31. The van der Waals surface area contributed by atoms with Gasteiger partial charge in [-0.1, -0.05) is 24.3 Å². The van der Waals surface area contributed by atoms with Crippen LogP contribution in [-0.4, -0.2) is 25.0 Å². The molecule has 2 atom stereocenters. The van der Waals surface area contributed by atoms with Crippen LogP contribution >= 0.6 is 0 Å². The molecule has 0 aromatic rings. The summed E-state index contributed by atoms with van der Waals surface area (Å²) in [5.74, 6) is 0.0200. The predicted octanol–water partition coefficient (Wildman–Crippen LogP) is 1.42. The van der Waals surface area contributed by atoms with Crippen molar-refractivity contribution in [3.8, 4) is 0 Å². The monoisotopic (exact) mass is 227 g/mol. The summed E-state index contributed by atoms with van der Waals surface area (Å²) in [7, 11) is 1.65. The van der Waals surface area contributed by atoms with Crippen LogP contribution in [0.15, 0.2) is 59.4 Å². The van der Waals surface area contributed by atoms with Crippen LogP contribution in [0.3, 0.4) is 0 Å². The van der Waals surface area contributed by atoms with Crippen molar-refractivity contribution >= 4 is 5.78 Å². The van der Waals surface area contributed by atoms with Crippen LogP contribution in [0.25, 0.3) is 0 Å². The van der Waals surface area contributed by atoms with Gasteiger partial charge in [0.2, 0.25) is 5.78 Å². The fraction of sp³-hybridized carbons (Fsp3) is 0.214. The van der Waals surface area contributed by atoms with Crippen LogP contribution in [0, 0.1) is 0 Å². The highest BCUT2D eigenvalue weighted by Crippen LogP contribution is 2.28. The van der Waals surface area contributed by atoms with E-state index in [2.05, 4.69) is 11.4 Å². The summed E-state index contributed by atoms with van der Waals surface area (Å²) < 4.78 is 5.37. The molecule has 0 aromatic heterocycles. The molecule has 0 fully saturated rings. The van der Waals surface area contributed by atoms with Gasteiger partial charge in [0.1, 0.15) is 6.10 Å². The second-order valence-electron chi connectivity index (χ2n) is 4.22. The summed E-state index contributed by atoms with van der Waals surface area (Å²) in [6, 6.07) is 0.103. The van der Waals surface area contributed by atoms with E-state index in [-0.39, 0.29) is 17.9 Å². The maximum Gasteiger partial charge on any atom is 0.201 e. The van der Waals surface area contributed by atoms with E-state index in [9.17, 15) is 4.79 Å². The Bertz CT molecular complexity index is 520. The summed E-state index contributed by atoms with van der Waals surface area (Å²) in [5, 5.41) is 3.26. The highest BCUT2D eigenvalue weighted by Gasteiger charge is 2.29. The molecule has 1 N–H and O–H groups in total. The normalized spacial score (nSPS) is 29.7. The Morgan fingerprint density at radius 2 is 2.12 bits per heavy atom. The molecule has 0 radical (unpaired) electrons. The Hall–Kier alpha value is -1.87. The van der Waals surface area contributed by atoms with Crippen molar-refractivity contribution in [1.29, 1.82) is 0 Å². The standard InChI is InChI=1S/C14H13NO2/c1-17-13-7-6-12(16)14-10(13)8-9-4-2-3-5-11(9)15-14/h2-8,11,13,15H,1H3. The van der Waals surface area contributed by atoms with Crippen molar-refractivity contribution < 1.29 is 9.53 Å². The zero-order valence-corrected chi connectivity index (χ0v) is 9.51. The molecule has 0 saturated heterocycles. The number of dihydropyridines is 1. The number of rotatable bonds is 1. The molecular formula is C14H13NO2. The Morgan fingerprint density at radius 3 is 2.94 bits per heavy atom. The van der Waals surface area contributed by atoms with Crippen LogP contribution < -0.4 is 5.32 Å². The number of hydrogen-bond donors (Lipinski definition) is 1. The van der Waals surface area contributed by atoms with Crippen LogP contribution in [0.2, 0.25) is 0 Å². The largest absolute Gasteiger partial charge is 0.373 e. The SMILES string of the molecule is COC1C=CC(=O)C2=C1C=C1C=CC=CC1N2. The molecule has 0 saturated carbocycles. The summed E-state index contributed by atoms with van der Waals surface area (Å²) in [6.07, 6.45) is 13.4. The van der Waals surface area contributed by atoms with Gasteiger partial charge in [-0.05, 0) is 23.8 Å². The molecule has 1 aliphatic heterocycles. The summed E-state index contributed by atoms with van der Waals surface area (Å²) in [6.45, 7) is 0. The van der Waals surface area contributed by atoms with Crippen molar-refractivity contribution in [1.82, 2.24) is 5.32 Å². The zero-order valence-electron chi connectivity index (χ0n) is 9.51. The van der Waals surface area contributed by atoms with Gasteiger partial charge < -0.3 is 10.1 Å². The summed E-state index contributed by atoms with van der Waals surface area (Å²) in [4.78, 5) is 11.8. The highest BCUT2D eigenvalue weighted by molar-refractivity contribution is 6.06. The quantitative estimate of drug-likeness (QED) is 0.736. The van der Waals surface area contributed by atoms with Gasteiger partial charge in [0, 0.05) is 12.7 Å². The molecule has 3 heteroatoms. The van der Waals surface area contributed by atoms with Gasteiger partial charge in [-0.15, -0.1) is 0 Å². The average Bonchev–Trinajstić information content (AvgIpc) is 2.38. The fourth-order valence-corrected chi connectivity index (χ4v) is 2.32. The van der Waals surface area contributed by atoms with Crippen LogP contribution in [0.5, 0.6) is 0 Å². The Labute approximate surface area is 99.8 Å². The van der Waals surface area contributed by atoms with Crippen molar-refractivity contribution in [3.05, 3.63) is 59.4 Å². The van der Waals surface area contributed by atoms with Gasteiger partial charge in [-0.25, -0.2) is 0 Å². The van der Waals surface area contributed by atoms with Gasteiger partial charge in [0.15, 0.2) is 0 Å². The minimum Gasteiger partial charge on any atom is -0.373 e. The van der Waals surface area contributed by atoms with Gasteiger partial charge in [0.25, 0.3) is 0 Å². The molecule has 3 nitrogen and oxygen atoms in total. The molecule has 1 heterocycles. The van der Waals surface area contributed by atoms with E-state index >= 15 is 0 Å². The zero-order chi connectivity index (χ0) is 11.8. The number of ketones is 1. The maximum atomic E-state index is 11.8. The lowest BCUT2D eigenvalue weighted by Crippen LogP contribution is -2.39. The third-order valence-corrected chi connectivity index (χ3v) is 3.20. The molecule has 17 heavy (non-hydrogen) atoms. The molecule has 0 spiro atoms. The van der Waals surface area contributed by atoms with E-state index < -0.39 is 0 Å². The molecule has 86 valence electrons. The Morgan fingerprint density at radius 1 is 1.24 bits per heavy atom. The first-order chi connectivity index (χ1) is 8.29. The first-order valence-corrected chi connectivity index (χ1v) is 5.62. The Kier molecular flexibility index (Phi) is 2.34. The van der Waals surface area contributed by atoms with Crippen LogP contribution in [0.1, 0.15) is 0 Å². The third-order valence-electron chi connectivity index (χ3n) is 3.20. The van der Waals surface area contributed by atoms with Gasteiger partial charge in [0.05, 0.1) is 11.7 Å². The number of hydrogen-bond acceptors (Lipinski definition) is 3. The molecule has 2 unspecified atom stereocenters. The van der Waals surface area contributed by atoms with E-state index in [1.165, 1.54) is 0 Å². The number of carbonyl (C=O) groups excluding carboxylic acids is 1. The van der Waals surface area contributed by atoms with E-state index in [1.807, 2.05) is 24.3 Å². The summed E-state index contributed by atoms with van der Waals surface area (Å²) in [5.41, 5.74) is 2.75. The average molecular weight is 227 g/mol. The van der Waals surface area contributed by atoms with E-state index in [0.29, 0.717) is 5.70 Å². The van der Waals surface area contributed by atoms with E-state index in [0.717, 1.165) is 11.1 Å². The molecule has 3 rings (SSSR count). The van der Waals surface area contributed by atoms with Gasteiger partial charge >= 0.3 is 0 Å². The topological polar surface area (TPSA) is 38.3 Å². The van der Waals surface area contributed by atoms with Gasteiger partial charge in [-0.2, -0.15) is 0 Å². The first kappa shape index (κ1) is 10.3. The van der Waals surface area contributed by atoms with Crippen molar-refractivity contribution in [3.63, 3.8) is 0 Å². The first-order valence-electron chi connectivity index (χ1n) is 5.62. The number of nitrogens with one attached hydrogen (secondary N) is 1. The summed E-state index contributed by atoms with van der Waals surface area (Å²) >= 11 is 0. The minimum absolute atomic E-state index is 0.0200. The van der Waals surface area contributed by atoms with Gasteiger partial charge in [-0.3, -0.25) is 4.79 Å². The number of carbonyl (C=O) groups is 1. The van der Waals surface area contributed by atoms with Crippen LogP contribution in [0.4, 0.5) is 0 Å². The number of methoxy groups -OCH3 is 1. The smallest absolute Gasteiger partial charge is 0.201 e. The number of allylic oxidation sites excluding steroid dienone is 3. The minimum atomic E-state index is -0.136. The predicted molar refractivity (Wildman–Crippen MR) is 65.3 cm³/mol. The van der Waals surface area contributed by atoms with Crippen LogP contribution in [-0.2, 0) is 9.53 Å². The lowest BCUT2D eigenvalue weighted by atomic mass is 9.88. The lowest BCUT2D eigenvalue weighted by molar-refractivity contribution is -0.112. The fourth-order valence-electron chi connectivity index (χ4n) is 2.32. The Balaban J connectivity index is 2.05. The van der Waals surface area contributed by atoms with Crippen molar-refractivity contribution in [2.75, 3.05) is 7.11 Å². The second-order valence-corrected chi connectivity index (χ2v) is 4.22. The number of ether oxygens (including phenoxy) is 1. The van der Waals surface area contributed by atoms with E-state index in [4.69, 9.17) is 4.74 Å². The van der Waals surface area contributed by atoms with Crippen molar-refractivity contribution in [2.24, 2.45) is 0 Å². The molecule has 2 aliphatic carbocycles.